The van der Waals surface area contributed by atoms with Crippen molar-refractivity contribution in [3.8, 4) is 0 Å². The molecule has 268 valence electrons. The zero-order valence-electron chi connectivity index (χ0n) is 30.0. The van der Waals surface area contributed by atoms with Gasteiger partial charge in [0.1, 0.15) is 0 Å². The summed E-state index contributed by atoms with van der Waals surface area (Å²) in [5.74, 6) is 0. The molecule has 8 heteroatoms. The monoisotopic (exact) mass is 713 g/mol. The van der Waals surface area contributed by atoms with Crippen molar-refractivity contribution >= 4 is 74.9 Å². The van der Waals surface area contributed by atoms with Crippen LogP contribution in [0.3, 0.4) is 0 Å². The van der Waals surface area contributed by atoms with Gasteiger partial charge in [-0.2, -0.15) is 0 Å². The Labute approximate surface area is 307 Å². The van der Waals surface area contributed by atoms with Crippen molar-refractivity contribution in [3.63, 3.8) is 0 Å². The standard InChI is InChI=1S/C23H26N2O2.C21H21NO2S/c1-3-25-21-10-5-4-9-18(21)20-11-16-7-6-8-17(19(16)12-22(20)25)13-24-23(2,14-26)15-27;1-21(12-23,13-24)22-11-18-15-7-3-2-6-14(15)10-17-16-8-4-5-9-19(16)25-20(17)18/h4-12,24,26-27H,3,13-15H2,1-2H3;2-10,22-24H,11-13H2,1H3. The van der Waals surface area contributed by atoms with Gasteiger partial charge in [0.15, 0.2) is 0 Å². The lowest BCUT2D eigenvalue weighted by atomic mass is 9.99. The number of aryl methyl sites for hydroxylation is 1. The predicted molar refractivity (Wildman–Crippen MR) is 218 cm³/mol. The number of nitrogens with one attached hydrogen (secondary N) is 2. The highest BCUT2D eigenvalue weighted by Crippen LogP contribution is 2.40. The third-order valence-electron chi connectivity index (χ3n) is 10.5. The van der Waals surface area contributed by atoms with Gasteiger partial charge in [-0.15, -0.1) is 11.3 Å². The van der Waals surface area contributed by atoms with Crippen LogP contribution < -0.4 is 10.6 Å². The summed E-state index contributed by atoms with van der Waals surface area (Å²) in [7, 11) is 0. The maximum absolute atomic E-state index is 9.58. The zero-order valence-corrected chi connectivity index (χ0v) is 30.8. The van der Waals surface area contributed by atoms with Gasteiger partial charge in [-0.1, -0.05) is 78.9 Å². The fourth-order valence-corrected chi connectivity index (χ4v) is 8.34. The van der Waals surface area contributed by atoms with E-state index in [0.29, 0.717) is 13.1 Å². The Morgan fingerprint density at radius 3 is 1.85 bits per heavy atom. The number of rotatable bonds is 11. The van der Waals surface area contributed by atoms with Crippen LogP contribution in [-0.4, -0.2) is 62.5 Å². The number of hydrogen-bond donors (Lipinski definition) is 6. The first-order valence-corrected chi connectivity index (χ1v) is 18.7. The zero-order chi connectivity index (χ0) is 36.5. The van der Waals surface area contributed by atoms with Gasteiger partial charge >= 0.3 is 0 Å². The van der Waals surface area contributed by atoms with Crippen molar-refractivity contribution in [1.29, 1.82) is 0 Å². The van der Waals surface area contributed by atoms with Crippen LogP contribution in [0, 0.1) is 0 Å². The number of nitrogens with zero attached hydrogens (tertiary/aromatic N) is 1. The highest BCUT2D eigenvalue weighted by Gasteiger charge is 2.23. The molecular weight excluding hydrogens is 667 g/mol. The van der Waals surface area contributed by atoms with Crippen LogP contribution in [0.4, 0.5) is 0 Å². The minimum Gasteiger partial charge on any atom is -0.394 e. The number of benzene rings is 6. The van der Waals surface area contributed by atoms with E-state index in [1.807, 2.05) is 13.8 Å². The van der Waals surface area contributed by atoms with Crippen LogP contribution in [0.2, 0.25) is 0 Å². The summed E-state index contributed by atoms with van der Waals surface area (Å²) in [5, 5.41) is 54.8. The number of hydrogen-bond acceptors (Lipinski definition) is 7. The lowest BCUT2D eigenvalue weighted by Crippen LogP contribution is -2.48. The third-order valence-corrected chi connectivity index (χ3v) is 11.7. The molecule has 0 saturated carbocycles. The van der Waals surface area contributed by atoms with Crippen molar-refractivity contribution in [2.24, 2.45) is 0 Å². The Kier molecular flexibility index (Phi) is 10.3. The Balaban J connectivity index is 0.000000162. The number of para-hydroxylation sites is 1. The van der Waals surface area contributed by atoms with Crippen LogP contribution in [-0.2, 0) is 19.6 Å². The molecule has 0 amide bonds. The third kappa shape index (κ3) is 6.68. The molecule has 0 aliphatic rings. The second-order valence-corrected chi connectivity index (χ2v) is 15.3. The summed E-state index contributed by atoms with van der Waals surface area (Å²) in [6.45, 7) is 7.51. The highest BCUT2D eigenvalue weighted by atomic mass is 32.1. The molecule has 2 aromatic heterocycles. The molecule has 52 heavy (non-hydrogen) atoms. The first-order chi connectivity index (χ1) is 25.2. The molecule has 6 aromatic carbocycles. The van der Waals surface area contributed by atoms with E-state index in [9.17, 15) is 20.4 Å². The van der Waals surface area contributed by atoms with E-state index in [1.54, 1.807) is 11.3 Å². The van der Waals surface area contributed by atoms with Crippen molar-refractivity contribution < 1.29 is 20.4 Å². The number of aromatic nitrogens is 1. The van der Waals surface area contributed by atoms with Crippen molar-refractivity contribution in [2.75, 3.05) is 26.4 Å². The molecule has 8 aromatic rings. The minimum atomic E-state index is -0.694. The van der Waals surface area contributed by atoms with E-state index in [4.69, 9.17) is 0 Å². The van der Waals surface area contributed by atoms with Gasteiger partial charge in [0.2, 0.25) is 0 Å². The molecule has 0 saturated heterocycles. The molecule has 0 aliphatic heterocycles. The second-order valence-electron chi connectivity index (χ2n) is 14.3. The molecule has 0 bridgehead atoms. The molecule has 0 atom stereocenters. The van der Waals surface area contributed by atoms with Gasteiger partial charge in [-0.05, 0) is 83.8 Å². The van der Waals surface area contributed by atoms with E-state index < -0.39 is 11.1 Å². The summed E-state index contributed by atoms with van der Waals surface area (Å²) in [6, 6.07) is 38.6. The quantitative estimate of drug-likeness (QED) is 0.0816. The molecular formula is C44H47N3O4S. The fraction of sp³-hybridized carbons (Fsp3) is 0.273. The Morgan fingerprint density at radius 1 is 0.558 bits per heavy atom. The first kappa shape index (κ1) is 36.0. The minimum absolute atomic E-state index is 0.107. The Morgan fingerprint density at radius 2 is 1.13 bits per heavy atom. The number of aliphatic hydroxyl groups is 4. The topological polar surface area (TPSA) is 110 Å². The summed E-state index contributed by atoms with van der Waals surface area (Å²) in [6.07, 6.45) is 0. The van der Waals surface area contributed by atoms with E-state index in [-0.39, 0.29) is 26.4 Å². The van der Waals surface area contributed by atoms with E-state index >= 15 is 0 Å². The summed E-state index contributed by atoms with van der Waals surface area (Å²) < 4.78 is 4.91. The maximum atomic E-state index is 9.58. The van der Waals surface area contributed by atoms with E-state index in [1.165, 1.54) is 69.1 Å². The number of fused-ring (bicyclic) bond motifs is 8. The molecule has 0 spiro atoms. The molecule has 8 rings (SSSR count). The summed E-state index contributed by atoms with van der Waals surface area (Å²) in [4.78, 5) is 0. The van der Waals surface area contributed by atoms with Crippen LogP contribution in [0.25, 0.3) is 63.5 Å². The van der Waals surface area contributed by atoms with Crippen molar-refractivity contribution in [2.45, 2.75) is 51.5 Å². The largest absolute Gasteiger partial charge is 0.394 e. The van der Waals surface area contributed by atoms with Gasteiger partial charge in [0, 0.05) is 61.6 Å². The molecule has 6 N–H and O–H groups in total. The van der Waals surface area contributed by atoms with E-state index in [2.05, 4.69) is 131 Å². The highest BCUT2D eigenvalue weighted by molar-refractivity contribution is 7.26. The Bertz CT molecular complexity index is 2510. The molecule has 0 unspecified atom stereocenters. The van der Waals surface area contributed by atoms with Crippen LogP contribution in [0.5, 0.6) is 0 Å². The second kappa shape index (κ2) is 14.9. The fourth-order valence-electron chi connectivity index (χ4n) is 7.10. The molecule has 0 radical (unpaired) electrons. The van der Waals surface area contributed by atoms with Gasteiger partial charge in [-0.25, -0.2) is 0 Å². The molecule has 2 heterocycles. The van der Waals surface area contributed by atoms with Crippen molar-refractivity contribution in [1.82, 2.24) is 15.2 Å². The average molecular weight is 714 g/mol. The molecule has 7 nitrogen and oxygen atoms in total. The molecule has 0 fully saturated rings. The first-order valence-electron chi connectivity index (χ1n) is 17.9. The van der Waals surface area contributed by atoms with Crippen LogP contribution in [0.15, 0.2) is 109 Å². The lowest BCUT2D eigenvalue weighted by Gasteiger charge is -2.26. The lowest BCUT2D eigenvalue weighted by molar-refractivity contribution is 0.103. The maximum Gasteiger partial charge on any atom is 0.0633 e. The van der Waals surface area contributed by atoms with E-state index in [0.717, 1.165) is 12.1 Å². The van der Waals surface area contributed by atoms with Gasteiger partial charge in [0.05, 0.1) is 37.5 Å². The Hall–Kier alpha value is -4.38. The van der Waals surface area contributed by atoms with Gasteiger partial charge in [0.25, 0.3) is 0 Å². The number of aliphatic hydroxyl groups excluding tert-OH is 4. The summed E-state index contributed by atoms with van der Waals surface area (Å²) in [5.41, 5.74) is 3.51. The van der Waals surface area contributed by atoms with Gasteiger partial charge in [-0.3, -0.25) is 0 Å². The average Bonchev–Trinajstić information content (AvgIpc) is 3.72. The smallest absolute Gasteiger partial charge is 0.0633 e. The van der Waals surface area contributed by atoms with Crippen LogP contribution in [0.1, 0.15) is 31.9 Å². The molecule has 0 aliphatic carbocycles. The van der Waals surface area contributed by atoms with Crippen LogP contribution >= 0.6 is 11.3 Å². The number of thiophene rings is 1. The SMILES string of the molecule is CC(CO)(CO)NCc1c2ccccc2cc2c1sc1ccccc12.CCn1c2ccccc2c2cc3cccc(CNC(C)(CO)CO)c3cc21. The van der Waals surface area contributed by atoms with Crippen molar-refractivity contribution in [3.05, 3.63) is 120 Å². The predicted octanol–water partition coefficient (Wildman–Crippen LogP) is 7.84. The van der Waals surface area contributed by atoms with Gasteiger partial charge < -0.3 is 35.6 Å². The summed E-state index contributed by atoms with van der Waals surface area (Å²) >= 11 is 1.80. The normalized spacial score (nSPS) is 12.4.